The van der Waals surface area contributed by atoms with Gasteiger partial charge in [-0.15, -0.1) is 0 Å². The van der Waals surface area contributed by atoms with E-state index in [1.165, 1.54) is 60.1 Å². The Morgan fingerprint density at radius 3 is 1.51 bits per heavy atom. The van der Waals surface area contributed by atoms with Gasteiger partial charge in [0.1, 0.15) is 5.82 Å². The van der Waals surface area contributed by atoms with Crippen LogP contribution in [0.5, 0.6) is 0 Å². The second kappa shape index (κ2) is 10.3. The highest BCUT2D eigenvalue weighted by Gasteiger charge is 2.17. The van der Waals surface area contributed by atoms with Gasteiger partial charge in [0.05, 0.1) is 11.0 Å². The Bertz CT molecular complexity index is 2470. The first-order valence-electron chi connectivity index (χ1n) is 15.4. The third kappa shape index (κ3) is 4.30. The van der Waals surface area contributed by atoms with E-state index in [0.29, 0.717) is 0 Å². The summed E-state index contributed by atoms with van der Waals surface area (Å²) in [5.41, 5.74) is 10.4. The van der Waals surface area contributed by atoms with Gasteiger partial charge in [-0.2, -0.15) is 0 Å². The zero-order valence-corrected chi connectivity index (χ0v) is 24.5. The summed E-state index contributed by atoms with van der Waals surface area (Å²) in [6.45, 7) is 0. The summed E-state index contributed by atoms with van der Waals surface area (Å²) >= 11 is 0. The first-order valence-corrected chi connectivity index (χ1v) is 15.4. The molecule has 0 spiro atoms. The van der Waals surface area contributed by atoms with Crippen molar-refractivity contribution in [3.63, 3.8) is 0 Å². The molecule has 0 bridgehead atoms. The summed E-state index contributed by atoms with van der Waals surface area (Å²) < 4.78 is 0. The van der Waals surface area contributed by atoms with Crippen LogP contribution in [0.1, 0.15) is 0 Å². The van der Waals surface area contributed by atoms with Crippen LogP contribution in [0.15, 0.2) is 164 Å². The lowest BCUT2D eigenvalue weighted by Gasteiger charge is -2.18. The molecule has 0 aliphatic heterocycles. The zero-order chi connectivity index (χ0) is 29.7. The lowest BCUT2D eigenvalue weighted by atomic mass is 9.85. The van der Waals surface area contributed by atoms with Crippen LogP contribution in [0, 0.1) is 0 Å². The van der Waals surface area contributed by atoms with E-state index < -0.39 is 0 Å². The molecule has 0 amide bonds. The summed E-state index contributed by atoms with van der Waals surface area (Å²) in [4.78, 5) is 8.63. The maximum absolute atomic E-state index is 5.07. The fourth-order valence-corrected chi connectivity index (χ4v) is 6.84. The third-order valence-electron chi connectivity index (χ3n) is 9.01. The lowest BCUT2D eigenvalue weighted by Crippen LogP contribution is -1.91. The maximum Gasteiger partial charge on any atom is 0.138 e. The van der Waals surface area contributed by atoms with Gasteiger partial charge in [0.25, 0.3) is 0 Å². The fraction of sp³-hybridized carbons (Fsp3) is 0. The van der Waals surface area contributed by atoms with Crippen LogP contribution in [0.2, 0.25) is 0 Å². The number of nitrogens with zero attached hydrogens (tertiary/aromatic N) is 1. The molecule has 1 N–H and O–H groups in total. The van der Waals surface area contributed by atoms with Crippen molar-refractivity contribution < 1.29 is 0 Å². The number of aromatic amines is 1. The van der Waals surface area contributed by atoms with Gasteiger partial charge in [0, 0.05) is 5.56 Å². The smallest absolute Gasteiger partial charge is 0.138 e. The number of hydrogen-bond acceptors (Lipinski definition) is 1. The Balaban J connectivity index is 1.20. The normalized spacial score (nSPS) is 11.6. The van der Waals surface area contributed by atoms with E-state index >= 15 is 0 Å². The van der Waals surface area contributed by atoms with Crippen LogP contribution in [0.4, 0.5) is 0 Å². The maximum atomic E-state index is 5.07. The molecular formula is C43H28N2. The van der Waals surface area contributed by atoms with Gasteiger partial charge < -0.3 is 4.98 Å². The second-order valence-corrected chi connectivity index (χ2v) is 11.7. The number of fused-ring (bicyclic) bond motifs is 4. The largest absolute Gasteiger partial charge is 0.338 e. The molecule has 9 rings (SSSR count). The van der Waals surface area contributed by atoms with Crippen LogP contribution in [-0.2, 0) is 0 Å². The molecule has 0 fully saturated rings. The second-order valence-electron chi connectivity index (χ2n) is 11.7. The van der Waals surface area contributed by atoms with E-state index in [4.69, 9.17) is 4.98 Å². The minimum absolute atomic E-state index is 0.878. The Morgan fingerprint density at radius 2 is 0.844 bits per heavy atom. The zero-order valence-electron chi connectivity index (χ0n) is 24.5. The van der Waals surface area contributed by atoms with E-state index in [9.17, 15) is 0 Å². The number of hydrogen-bond donors (Lipinski definition) is 1. The van der Waals surface area contributed by atoms with E-state index in [1.807, 2.05) is 6.07 Å². The van der Waals surface area contributed by atoms with Crippen LogP contribution >= 0.6 is 0 Å². The Morgan fingerprint density at radius 1 is 0.356 bits per heavy atom. The SMILES string of the molecule is c1ccc(-c2ccc(-c3nc4cc(-c5c6ccccc6c(-c6ccc7ccccc7c6)c6ccccc56)ccc4[nH]3)cc2)cc1. The van der Waals surface area contributed by atoms with Crippen molar-refractivity contribution in [2.24, 2.45) is 0 Å². The lowest BCUT2D eigenvalue weighted by molar-refractivity contribution is 1.34. The van der Waals surface area contributed by atoms with Crippen LogP contribution in [0.25, 0.3) is 88.1 Å². The molecule has 2 heteroatoms. The molecule has 0 saturated heterocycles. The summed E-state index contributed by atoms with van der Waals surface area (Å²) in [7, 11) is 0. The van der Waals surface area contributed by atoms with Crippen molar-refractivity contribution in [2.45, 2.75) is 0 Å². The van der Waals surface area contributed by atoms with Gasteiger partial charge in [-0.25, -0.2) is 4.98 Å². The third-order valence-corrected chi connectivity index (χ3v) is 9.01. The van der Waals surface area contributed by atoms with Crippen LogP contribution < -0.4 is 0 Å². The van der Waals surface area contributed by atoms with Crippen molar-refractivity contribution >= 4 is 43.4 Å². The number of rotatable bonds is 4. The van der Waals surface area contributed by atoms with E-state index in [0.717, 1.165) is 28.0 Å². The first kappa shape index (κ1) is 25.5. The van der Waals surface area contributed by atoms with Gasteiger partial charge in [0.2, 0.25) is 0 Å². The van der Waals surface area contributed by atoms with Gasteiger partial charge in [0.15, 0.2) is 0 Å². The predicted molar refractivity (Wildman–Crippen MR) is 190 cm³/mol. The highest BCUT2D eigenvalue weighted by molar-refractivity contribution is 6.22. The Labute approximate surface area is 261 Å². The minimum Gasteiger partial charge on any atom is -0.338 e. The van der Waals surface area contributed by atoms with E-state index in [1.54, 1.807) is 0 Å². The molecule has 210 valence electrons. The van der Waals surface area contributed by atoms with Gasteiger partial charge in [-0.3, -0.25) is 0 Å². The summed E-state index contributed by atoms with van der Waals surface area (Å²) in [6, 6.07) is 58.8. The molecular weight excluding hydrogens is 544 g/mol. The predicted octanol–water partition coefficient (Wildman–Crippen LogP) is 11.7. The van der Waals surface area contributed by atoms with Crippen molar-refractivity contribution in [1.29, 1.82) is 0 Å². The molecule has 0 radical (unpaired) electrons. The van der Waals surface area contributed by atoms with Gasteiger partial charge in [-0.05, 0) is 83.9 Å². The van der Waals surface area contributed by atoms with Gasteiger partial charge in [-0.1, -0.05) is 146 Å². The molecule has 0 unspecified atom stereocenters. The highest BCUT2D eigenvalue weighted by atomic mass is 14.9. The van der Waals surface area contributed by atoms with E-state index in [2.05, 4.69) is 163 Å². The molecule has 0 saturated carbocycles. The van der Waals surface area contributed by atoms with Crippen molar-refractivity contribution in [1.82, 2.24) is 9.97 Å². The summed E-state index contributed by atoms with van der Waals surface area (Å²) in [5.74, 6) is 0.878. The van der Waals surface area contributed by atoms with Crippen molar-refractivity contribution in [3.05, 3.63) is 164 Å². The minimum atomic E-state index is 0.878. The molecule has 2 nitrogen and oxygen atoms in total. The number of benzene rings is 8. The fourth-order valence-electron chi connectivity index (χ4n) is 6.84. The standard InChI is InChI=1S/C43H28N2/c1-2-10-28(11-3-1)30-18-21-31(22-19-30)43-44-39-25-24-34(27-40(39)45-43)42-37-16-8-6-14-35(37)41(36-15-7-9-17-38(36)42)33-23-20-29-12-4-5-13-32(29)26-33/h1-27H,(H,44,45). The number of aromatic nitrogens is 2. The topological polar surface area (TPSA) is 28.7 Å². The molecule has 0 aliphatic carbocycles. The Kier molecular flexibility index (Phi) is 5.85. The summed E-state index contributed by atoms with van der Waals surface area (Å²) in [6.07, 6.45) is 0. The highest BCUT2D eigenvalue weighted by Crippen LogP contribution is 2.44. The number of nitrogens with one attached hydrogen (secondary N) is 1. The molecule has 0 aliphatic rings. The Hall–Kier alpha value is -5.99. The molecule has 1 heterocycles. The summed E-state index contributed by atoms with van der Waals surface area (Å²) in [5, 5.41) is 7.49. The average Bonchev–Trinajstić information content (AvgIpc) is 3.54. The number of imidazole rings is 1. The molecule has 1 aromatic heterocycles. The molecule has 0 atom stereocenters. The molecule has 8 aromatic carbocycles. The monoisotopic (exact) mass is 572 g/mol. The average molecular weight is 573 g/mol. The van der Waals surface area contributed by atoms with Crippen molar-refractivity contribution in [3.8, 4) is 44.8 Å². The van der Waals surface area contributed by atoms with Crippen LogP contribution in [-0.4, -0.2) is 9.97 Å². The van der Waals surface area contributed by atoms with Crippen molar-refractivity contribution in [2.75, 3.05) is 0 Å². The quantitative estimate of drug-likeness (QED) is 0.209. The number of H-pyrrole nitrogens is 1. The van der Waals surface area contributed by atoms with Crippen LogP contribution in [0.3, 0.4) is 0 Å². The molecule has 45 heavy (non-hydrogen) atoms. The van der Waals surface area contributed by atoms with E-state index in [-0.39, 0.29) is 0 Å². The first-order chi connectivity index (χ1) is 22.3. The van der Waals surface area contributed by atoms with Gasteiger partial charge >= 0.3 is 0 Å². The molecule has 9 aromatic rings.